The van der Waals surface area contributed by atoms with E-state index in [9.17, 15) is 4.79 Å². The second-order valence-corrected chi connectivity index (χ2v) is 6.47. The lowest BCUT2D eigenvalue weighted by Crippen LogP contribution is -1.98. The molecule has 0 fully saturated rings. The monoisotopic (exact) mass is 390 g/mol. The highest BCUT2D eigenvalue weighted by molar-refractivity contribution is 5.82. The van der Waals surface area contributed by atoms with Gasteiger partial charge in [0.2, 0.25) is 0 Å². The smallest absolute Gasteiger partial charge is 0.392 e. The Hall–Kier alpha value is -3.88. The van der Waals surface area contributed by atoms with Crippen molar-refractivity contribution in [3.63, 3.8) is 0 Å². The number of H-pyrrole nitrogens is 1. The number of aromatic amines is 1. The third-order valence-electron chi connectivity index (χ3n) is 4.44. The van der Waals surface area contributed by atoms with E-state index >= 15 is 0 Å². The van der Waals surface area contributed by atoms with E-state index in [0.29, 0.717) is 30.1 Å². The zero-order valence-corrected chi connectivity index (χ0v) is 15.7. The average Bonchev–Trinajstić information content (AvgIpc) is 3.40. The summed E-state index contributed by atoms with van der Waals surface area (Å²) in [6.07, 6.45) is 3.69. The summed E-state index contributed by atoms with van der Waals surface area (Å²) >= 11 is 0. The van der Waals surface area contributed by atoms with Gasteiger partial charge in [-0.3, -0.25) is 4.98 Å². The number of oxazole rings is 1. The Morgan fingerprint density at radius 3 is 2.66 bits per heavy atom. The van der Waals surface area contributed by atoms with Crippen molar-refractivity contribution in [3.05, 3.63) is 65.5 Å². The molecule has 0 saturated heterocycles. The number of benzene rings is 1. The van der Waals surface area contributed by atoms with E-state index in [0.717, 1.165) is 28.8 Å². The Bertz CT molecular complexity index is 1120. The first-order valence-electron chi connectivity index (χ1n) is 9.16. The maximum atomic E-state index is 11.2. The number of tetrazole rings is 1. The molecule has 1 aromatic carbocycles. The molecule has 146 valence electrons. The fourth-order valence-electron chi connectivity index (χ4n) is 3.10. The van der Waals surface area contributed by atoms with Crippen LogP contribution in [0.15, 0.2) is 47.0 Å². The second-order valence-electron chi connectivity index (χ2n) is 6.47. The van der Waals surface area contributed by atoms with Crippen LogP contribution in [0.2, 0.25) is 0 Å². The highest BCUT2D eigenvalue weighted by Crippen LogP contribution is 2.28. The van der Waals surface area contributed by atoms with Gasteiger partial charge in [-0.1, -0.05) is 37.3 Å². The van der Waals surface area contributed by atoms with E-state index in [4.69, 9.17) is 9.52 Å². The summed E-state index contributed by atoms with van der Waals surface area (Å²) in [4.78, 5) is 19.9. The number of hydrogen-bond acceptors (Lipinski definition) is 7. The third kappa shape index (κ3) is 3.88. The SMILES string of the molecule is CCCc1oc(C(=O)O)nc1Cc1ccc(-c2ccccc2-c2nnn[nH]2)nc1. The van der Waals surface area contributed by atoms with Crippen LogP contribution >= 0.6 is 0 Å². The van der Waals surface area contributed by atoms with Crippen LogP contribution in [0.3, 0.4) is 0 Å². The third-order valence-corrected chi connectivity index (χ3v) is 4.44. The first-order valence-corrected chi connectivity index (χ1v) is 9.16. The maximum Gasteiger partial charge on any atom is 0.392 e. The lowest BCUT2D eigenvalue weighted by Gasteiger charge is -2.07. The van der Waals surface area contributed by atoms with Crippen molar-refractivity contribution in [2.75, 3.05) is 0 Å². The van der Waals surface area contributed by atoms with Gasteiger partial charge in [-0.25, -0.2) is 14.9 Å². The predicted octanol–water partition coefficient (Wildman–Crippen LogP) is 3.16. The minimum Gasteiger partial charge on any atom is -0.474 e. The fourth-order valence-corrected chi connectivity index (χ4v) is 3.10. The van der Waals surface area contributed by atoms with Crippen LogP contribution in [0, 0.1) is 0 Å². The summed E-state index contributed by atoms with van der Waals surface area (Å²) in [6.45, 7) is 2.00. The molecule has 2 N–H and O–H groups in total. The molecule has 0 atom stereocenters. The van der Waals surface area contributed by atoms with Gasteiger partial charge in [-0.2, -0.15) is 0 Å². The molecule has 0 bridgehead atoms. The second kappa shape index (κ2) is 8.01. The summed E-state index contributed by atoms with van der Waals surface area (Å²) < 4.78 is 5.39. The molecule has 3 aromatic heterocycles. The molecule has 3 heterocycles. The van der Waals surface area contributed by atoms with Crippen LogP contribution in [0.4, 0.5) is 0 Å². The van der Waals surface area contributed by atoms with E-state index < -0.39 is 5.97 Å². The average molecular weight is 390 g/mol. The summed E-state index contributed by atoms with van der Waals surface area (Å²) in [7, 11) is 0. The molecule has 9 heteroatoms. The van der Waals surface area contributed by atoms with Crippen LogP contribution in [0.5, 0.6) is 0 Å². The molecule has 9 nitrogen and oxygen atoms in total. The van der Waals surface area contributed by atoms with Gasteiger partial charge in [0.05, 0.1) is 11.4 Å². The number of hydrogen-bond donors (Lipinski definition) is 2. The number of nitrogens with zero attached hydrogens (tertiary/aromatic N) is 5. The number of aromatic carboxylic acids is 1. The lowest BCUT2D eigenvalue weighted by molar-refractivity contribution is 0.0651. The van der Waals surface area contributed by atoms with E-state index in [1.54, 1.807) is 6.20 Å². The van der Waals surface area contributed by atoms with Gasteiger partial charge in [-0.15, -0.1) is 5.10 Å². The molecule has 0 aliphatic carbocycles. The van der Waals surface area contributed by atoms with Gasteiger partial charge in [0.1, 0.15) is 5.76 Å². The summed E-state index contributed by atoms with van der Waals surface area (Å²) in [5, 5.41) is 23.2. The molecule has 0 unspecified atom stereocenters. The number of nitrogens with one attached hydrogen (secondary N) is 1. The standard InChI is InChI=1S/C20H18N6O3/c1-2-5-17-16(22-19(29-17)20(27)28)10-12-8-9-15(21-11-12)13-6-3-4-7-14(13)18-23-25-26-24-18/h3-4,6-9,11H,2,5,10H2,1H3,(H,27,28)(H,23,24,25,26). The minimum absolute atomic E-state index is 0.275. The normalized spacial score (nSPS) is 10.9. The first-order chi connectivity index (χ1) is 14.2. The molecule has 0 spiro atoms. The van der Waals surface area contributed by atoms with Crippen LogP contribution in [-0.4, -0.2) is 41.7 Å². The number of carboxylic acids is 1. The highest BCUT2D eigenvalue weighted by Gasteiger charge is 2.18. The van der Waals surface area contributed by atoms with Gasteiger partial charge < -0.3 is 9.52 Å². The zero-order valence-electron chi connectivity index (χ0n) is 15.7. The number of carboxylic acid groups (broad SMARTS) is 1. The summed E-state index contributed by atoms with van der Waals surface area (Å²) in [6, 6.07) is 11.6. The van der Waals surface area contributed by atoms with Gasteiger partial charge in [0, 0.05) is 30.2 Å². The van der Waals surface area contributed by atoms with Gasteiger partial charge >= 0.3 is 11.9 Å². The van der Waals surface area contributed by atoms with Crippen molar-refractivity contribution in [2.24, 2.45) is 0 Å². The molecular weight excluding hydrogens is 372 g/mol. The lowest BCUT2D eigenvalue weighted by atomic mass is 10.0. The number of carbonyl (C=O) groups is 1. The molecule has 0 amide bonds. The Balaban J connectivity index is 1.61. The highest BCUT2D eigenvalue weighted by atomic mass is 16.4. The largest absolute Gasteiger partial charge is 0.474 e. The first kappa shape index (κ1) is 18.5. The number of rotatable bonds is 7. The van der Waals surface area contributed by atoms with Crippen LogP contribution in [0.25, 0.3) is 22.6 Å². The van der Waals surface area contributed by atoms with Crippen LogP contribution in [-0.2, 0) is 12.8 Å². The van der Waals surface area contributed by atoms with E-state index in [1.807, 2.05) is 43.3 Å². The van der Waals surface area contributed by atoms with Crippen molar-refractivity contribution in [3.8, 4) is 22.6 Å². The Morgan fingerprint density at radius 2 is 2.00 bits per heavy atom. The van der Waals surface area contributed by atoms with E-state index in [1.165, 1.54) is 0 Å². The van der Waals surface area contributed by atoms with Crippen molar-refractivity contribution >= 4 is 5.97 Å². The molecule has 29 heavy (non-hydrogen) atoms. The Kier molecular flexibility index (Phi) is 5.10. The van der Waals surface area contributed by atoms with Crippen LogP contribution < -0.4 is 0 Å². The molecular formula is C20H18N6O3. The van der Waals surface area contributed by atoms with Crippen molar-refractivity contribution < 1.29 is 14.3 Å². The molecule has 0 aliphatic heterocycles. The van der Waals surface area contributed by atoms with Gasteiger partial charge in [0.15, 0.2) is 5.82 Å². The fraction of sp³-hybridized carbons (Fsp3) is 0.200. The summed E-state index contributed by atoms with van der Waals surface area (Å²) in [5.41, 5.74) is 4.08. The summed E-state index contributed by atoms with van der Waals surface area (Å²) in [5.74, 6) is -0.264. The maximum absolute atomic E-state index is 11.2. The van der Waals surface area contributed by atoms with E-state index in [-0.39, 0.29) is 5.89 Å². The van der Waals surface area contributed by atoms with Gasteiger partial charge in [0.25, 0.3) is 0 Å². The van der Waals surface area contributed by atoms with E-state index in [2.05, 4.69) is 30.6 Å². The van der Waals surface area contributed by atoms with Gasteiger partial charge in [-0.05, 0) is 28.5 Å². The molecule has 0 saturated carbocycles. The quantitative estimate of drug-likeness (QED) is 0.492. The Morgan fingerprint density at radius 1 is 1.17 bits per heavy atom. The van der Waals surface area contributed by atoms with Crippen LogP contribution in [0.1, 0.15) is 41.0 Å². The number of pyridine rings is 1. The number of aryl methyl sites for hydroxylation is 1. The molecule has 4 aromatic rings. The molecule has 0 radical (unpaired) electrons. The number of aromatic nitrogens is 6. The molecule has 4 rings (SSSR count). The van der Waals surface area contributed by atoms with Crippen molar-refractivity contribution in [1.82, 2.24) is 30.6 Å². The minimum atomic E-state index is -1.17. The Labute approximate surface area is 165 Å². The predicted molar refractivity (Wildman–Crippen MR) is 103 cm³/mol. The zero-order chi connectivity index (χ0) is 20.2. The van der Waals surface area contributed by atoms with Crippen molar-refractivity contribution in [1.29, 1.82) is 0 Å². The topological polar surface area (TPSA) is 131 Å². The van der Waals surface area contributed by atoms with Crippen molar-refractivity contribution in [2.45, 2.75) is 26.2 Å². The molecule has 0 aliphatic rings.